The molecule has 0 aromatic carbocycles. The van der Waals surface area contributed by atoms with E-state index < -0.39 is 0 Å². The molecule has 2 bridgehead atoms. The summed E-state index contributed by atoms with van der Waals surface area (Å²) in [5.74, 6) is 3.12. The number of allylic oxidation sites excluding steroid dienone is 2. The Morgan fingerprint density at radius 2 is 2.35 bits per heavy atom. The first kappa shape index (κ1) is 11.1. The summed E-state index contributed by atoms with van der Waals surface area (Å²) in [5.41, 5.74) is 0. The van der Waals surface area contributed by atoms with E-state index in [1.165, 1.54) is 12.8 Å². The monoisotopic (exact) mass is 233 g/mol. The molecule has 92 valence electrons. The highest BCUT2D eigenvalue weighted by molar-refractivity contribution is 5.11. The molecule has 2 aliphatic carbocycles. The molecule has 4 atom stereocenters. The lowest BCUT2D eigenvalue weighted by molar-refractivity contribution is 0.218. The molecule has 0 amide bonds. The summed E-state index contributed by atoms with van der Waals surface area (Å²) in [4.78, 5) is 0. The zero-order valence-electron chi connectivity index (χ0n) is 9.88. The number of aliphatic hydroxyl groups excluding tert-OH is 1. The molecule has 2 N–H and O–H groups in total. The third kappa shape index (κ3) is 2.17. The second kappa shape index (κ2) is 4.67. The van der Waals surface area contributed by atoms with E-state index in [1.807, 2.05) is 12.1 Å². The molecule has 3 rings (SSSR count). The molecule has 0 unspecified atom stereocenters. The van der Waals surface area contributed by atoms with Crippen molar-refractivity contribution >= 4 is 0 Å². The molecule has 3 nitrogen and oxygen atoms in total. The second-order valence-electron chi connectivity index (χ2n) is 5.20. The summed E-state index contributed by atoms with van der Waals surface area (Å²) in [6.07, 6.45) is 9.00. The maximum Gasteiger partial charge on any atom is 0.123 e. The van der Waals surface area contributed by atoms with Gasteiger partial charge in [0.15, 0.2) is 0 Å². The Morgan fingerprint density at radius 3 is 2.94 bits per heavy atom. The Kier molecular flexibility index (Phi) is 3.04. The van der Waals surface area contributed by atoms with Crippen LogP contribution in [-0.4, -0.2) is 18.3 Å². The van der Waals surface area contributed by atoms with E-state index in [-0.39, 0.29) is 12.6 Å². The van der Waals surface area contributed by atoms with Gasteiger partial charge in [-0.2, -0.15) is 0 Å². The van der Waals surface area contributed by atoms with Gasteiger partial charge in [-0.1, -0.05) is 12.2 Å². The summed E-state index contributed by atoms with van der Waals surface area (Å²) < 4.78 is 5.33. The van der Waals surface area contributed by atoms with Crippen LogP contribution in [0.3, 0.4) is 0 Å². The van der Waals surface area contributed by atoms with Crippen molar-refractivity contribution in [3.8, 4) is 0 Å². The summed E-state index contributed by atoms with van der Waals surface area (Å²) in [7, 11) is 0. The lowest BCUT2D eigenvalue weighted by Crippen LogP contribution is -2.30. The molecule has 1 aromatic heterocycles. The highest BCUT2D eigenvalue weighted by atomic mass is 16.3. The van der Waals surface area contributed by atoms with Crippen molar-refractivity contribution in [2.75, 3.05) is 13.2 Å². The van der Waals surface area contributed by atoms with Crippen LogP contribution in [0.5, 0.6) is 0 Å². The maximum atomic E-state index is 9.37. The van der Waals surface area contributed by atoms with E-state index in [4.69, 9.17) is 4.42 Å². The smallest absolute Gasteiger partial charge is 0.123 e. The van der Waals surface area contributed by atoms with Crippen LogP contribution in [0.4, 0.5) is 0 Å². The molecule has 1 fully saturated rings. The molecule has 1 heterocycles. The first-order valence-electron chi connectivity index (χ1n) is 6.43. The van der Waals surface area contributed by atoms with E-state index in [0.717, 1.165) is 30.1 Å². The SMILES string of the molecule is OC[C@@H](NC[C@H]1C[C@H]2C=C[C@H]1C2)c1ccco1. The van der Waals surface area contributed by atoms with Gasteiger partial charge in [-0.05, 0) is 49.3 Å². The molecule has 1 saturated carbocycles. The number of aliphatic hydroxyl groups is 1. The number of furan rings is 1. The molecule has 0 aliphatic heterocycles. The minimum Gasteiger partial charge on any atom is -0.468 e. The van der Waals surface area contributed by atoms with Crippen molar-refractivity contribution in [3.63, 3.8) is 0 Å². The molecule has 0 saturated heterocycles. The fourth-order valence-electron chi connectivity index (χ4n) is 3.17. The van der Waals surface area contributed by atoms with Crippen LogP contribution in [0.2, 0.25) is 0 Å². The van der Waals surface area contributed by atoms with Gasteiger partial charge in [0.25, 0.3) is 0 Å². The topological polar surface area (TPSA) is 45.4 Å². The fourth-order valence-corrected chi connectivity index (χ4v) is 3.17. The van der Waals surface area contributed by atoms with E-state index in [2.05, 4.69) is 17.5 Å². The number of hydrogen-bond acceptors (Lipinski definition) is 3. The van der Waals surface area contributed by atoms with Crippen LogP contribution >= 0.6 is 0 Å². The minimum atomic E-state index is -0.0619. The fraction of sp³-hybridized carbons (Fsp3) is 0.571. The molecule has 0 radical (unpaired) electrons. The van der Waals surface area contributed by atoms with Crippen molar-refractivity contribution < 1.29 is 9.52 Å². The molecule has 0 spiro atoms. The number of rotatable bonds is 5. The van der Waals surface area contributed by atoms with E-state index in [0.29, 0.717) is 0 Å². The Bertz CT molecular complexity index is 385. The predicted octanol–water partition coefficient (Wildman–Crippen LogP) is 2.11. The van der Waals surface area contributed by atoms with Gasteiger partial charge in [0.2, 0.25) is 0 Å². The summed E-state index contributed by atoms with van der Waals surface area (Å²) in [6.45, 7) is 1.06. The van der Waals surface area contributed by atoms with Gasteiger partial charge in [0.05, 0.1) is 18.9 Å². The maximum absolute atomic E-state index is 9.37. The summed E-state index contributed by atoms with van der Waals surface area (Å²) in [5, 5.41) is 12.8. The third-order valence-corrected chi connectivity index (χ3v) is 4.11. The number of nitrogens with one attached hydrogen (secondary N) is 1. The van der Waals surface area contributed by atoms with Crippen LogP contribution < -0.4 is 5.32 Å². The van der Waals surface area contributed by atoms with Crippen LogP contribution in [0, 0.1) is 17.8 Å². The molecule has 17 heavy (non-hydrogen) atoms. The Morgan fingerprint density at radius 1 is 1.41 bits per heavy atom. The van der Waals surface area contributed by atoms with Gasteiger partial charge in [-0.25, -0.2) is 0 Å². The van der Waals surface area contributed by atoms with Crippen molar-refractivity contribution in [3.05, 3.63) is 36.3 Å². The highest BCUT2D eigenvalue weighted by Gasteiger charge is 2.35. The quantitative estimate of drug-likeness (QED) is 0.766. The highest BCUT2D eigenvalue weighted by Crippen LogP contribution is 2.43. The van der Waals surface area contributed by atoms with Gasteiger partial charge < -0.3 is 14.8 Å². The van der Waals surface area contributed by atoms with E-state index in [9.17, 15) is 5.11 Å². The standard InChI is InChI=1S/C14H19NO2/c16-9-13(14-2-1-5-17-14)15-8-12-7-10-3-4-11(12)6-10/h1-5,10-13,15-16H,6-9H2/t10-,11-,12+,13+/m0/s1. The summed E-state index contributed by atoms with van der Waals surface area (Å²) >= 11 is 0. The Labute approximate surface area is 102 Å². The Balaban J connectivity index is 1.55. The Hall–Kier alpha value is -1.06. The summed E-state index contributed by atoms with van der Waals surface area (Å²) in [6, 6.07) is 3.71. The van der Waals surface area contributed by atoms with Crippen molar-refractivity contribution in [2.24, 2.45) is 17.8 Å². The predicted molar refractivity (Wildman–Crippen MR) is 65.4 cm³/mol. The first-order valence-corrected chi connectivity index (χ1v) is 6.43. The second-order valence-corrected chi connectivity index (χ2v) is 5.20. The van der Waals surface area contributed by atoms with Crippen LogP contribution in [0.15, 0.2) is 35.0 Å². The van der Waals surface area contributed by atoms with Crippen LogP contribution in [-0.2, 0) is 0 Å². The first-order chi connectivity index (χ1) is 8.36. The molecule has 2 aliphatic rings. The third-order valence-electron chi connectivity index (χ3n) is 4.11. The minimum absolute atomic E-state index is 0.0619. The van der Waals surface area contributed by atoms with Crippen LogP contribution in [0.1, 0.15) is 24.6 Å². The molecular formula is C14H19NO2. The van der Waals surface area contributed by atoms with E-state index >= 15 is 0 Å². The van der Waals surface area contributed by atoms with E-state index in [1.54, 1.807) is 6.26 Å². The number of fused-ring (bicyclic) bond motifs is 2. The average Bonchev–Trinajstić information content (AvgIpc) is 3.06. The van der Waals surface area contributed by atoms with Gasteiger partial charge in [-0.3, -0.25) is 0 Å². The zero-order chi connectivity index (χ0) is 11.7. The molecular weight excluding hydrogens is 214 g/mol. The van der Waals surface area contributed by atoms with Gasteiger partial charge in [-0.15, -0.1) is 0 Å². The van der Waals surface area contributed by atoms with Crippen molar-refractivity contribution in [1.29, 1.82) is 0 Å². The van der Waals surface area contributed by atoms with Crippen LogP contribution in [0.25, 0.3) is 0 Å². The molecule has 1 aromatic rings. The molecule has 3 heteroatoms. The lowest BCUT2D eigenvalue weighted by Gasteiger charge is -2.21. The average molecular weight is 233 g/mol. The van der Waals surface area contributed by atoms with Gasteiger partial charge >= 0.3 is 0 Å². The van der Waals surface area contributed by atoms with Gasteiger partial charge in [0.1, 0.15) is 5.76 Å². The normalized spacial score (nSPS) is 32.2. The largest absolute Gasteiger partial charge is 0.468 e. The number of hydrogen-bond donors (Lipinski definition) is 2. The van der Waals surface area contributed by atoms with Gasteiger partial charge in [0, 0.05) is 0 Å². The zero-order valence-corrected chi connectivity index (χ0v) is 9.88. The lowest BCUT2D eigenvalue weighted by atomic mass is 9.93. The van der Waals surface area contributed by atoms with Crippen molar-refractivity contribution in [2.45, 2.75) is 18.9 Å². The van der Waals surface area contributed by atoms with Crippen molar-refractivity contribution in [1.82, 2.24) is 5.32 Å².